The SMILES string of the molecule is COC(=O)C(Cc1ccccc1)NC(=O)c1cc2n(n1)CCN(C)C2=O. The quantitative estimate of drug-likeness (QED) is 0.787. The van der Waals surface area contributed by atoms with Crippen molar-refractivity contribution in [2.45, 2.75) is 19.0 Å². The van der Waals surface area contributed by atoms with Crippen LogP contribution in [-0.4, -0.2) is 59.2 Å². The maximum absolute atomic E-state index is 12.6. The highest BCUT2D eigenvalue weighted by atomic mass is 16.5. The number of nitrogens with one attached hydrogen (secondary N) is 1. The van der Waals surface area contributed by atoms with E-state index in [1.807, 2.05) is 30.3 Å². The minimum absolute atomic E-state index is 0.102. The number of benzene rings is 1. The molecule has 0 bridgehead atoms. The third kappa shape index (κ3) is 3.58. The lowest BCUT2D eigenvalue weighted by molar-refractivity contribution is -0.142. The molecule has 0 saturated carbocycles. The molecular formula is C18H20N4O4. The fourth-order valence-corrected chi connectivity index (χ4v) is 2.83. The zero-order chi connectivity index (χ0) is 18.7. The highest BCUT2D eigenvalue weighted by Crippen LogP contribution is 2.13. The zero-order valence-electron chi connectivity index (χ0n) is 14.6. The van der Waals surface area contributed by atoms with Crippen molar-refractivity contribution >= 4 is 17.8 Å². The Hall–Kier alpha value is -3.16. The molecule has 2 amide bonds. The van der Waals surface area contributed by atoms with E-state index in [1.165, 1.54) is 17.9 Å². The van der Waals surface area contributed by atoms with E-state index in [0.29, 0.717) is 25.2 Å². The van der Waals surface area contributed by atoms with Crippen molar-refractivity contribution in [1.29, 1.82) is 0 Å². The Morgan fingerprint density at radius 2 is 2.00 bits per heavy atom. The van der Waals surface area contributed by atoms with Crippen LogP contribution in [0.4, 0.5) is 0 Å². The smallest absolute Gasteiger partial charge is 0.328 e. The normalized spacial score (nSPS) is 14.5. The summed E-state index contributed by atoms with van der Waals surface area (Å²) < 4.78 is 6.31. The van der Waals surface area contributed by atoms with Gasteiger partial charge in [-0.1, -0.05) is 30.3 Å². The lowest BCUT2D eigenvalue weighted by atomic mass is 10.1. The summed E-state index contributed by atoms with van der Waals surface area (Å²) in [7, 11) is 2.97. The fraction of sp³-hybridized carbons (Fsp3) is 0.333. The van der Waals surface area contributed by atoms with Crippen molar-refractivity contribution < 1.29 is 19.1 Å². The Morgan fingerprint density at radius 1 is 1.27 bits per heavy atom. The predicted molar refractivity (Wildman–Crippen MR) is 92.6 cm³/mol. The number of fused-ring (bicyclic) bond motifs is 1. The van der Waals surface area contributed by atoms with E-state index in [1.54, 1.807) is 11.9 Å². The molecule has 1 N–H and O–H groups in total. The van der Waals surface area contributed by atoms with Crippen LogP contribution in [0.2, 0.25) is 0 Å². The predicted octanol–water partition coefficient (Wildman–Crippen LogP) is 0.483. The number of methoxy groups -OCH3 is 1. The molecule has 1 aromatic carbocycles. The van der Waals surface area contributed by atoms with Crippen LogP contribution in [0.3, 0.4) is 0 Å². The van der Waals surface area contributed by atoms with Gasteiger partial charge in [0.25, 0.3) is 11.8 Å². The summed E-state index contributed by atoms with van der Waals surface area (Å²) in [6, 6.07) is 9.93. The molecular weight excluding hydrogens is 336 g/mol. The molecule has 1 unspecified atom stereocenters. The summed E-state index contributed by atoms with van der Waals surface area (Å²) in [4.78, 5) is 38.3. The largest absolute Gasteiger partial charge is 0.467 e. The Kier molecular flexibility index (Phi) is 5.01. The third-order valence-corrected chi connectivity index (χ3v) is 4.30. The van der Waals surface area contributed by atoms with Gasteiger partial charge < -0.3 is 15.0 Å². The van der Waals surface area contributed by atoms with Crippen LogP contribution < -0.4 is 5.32 Å². The van der Waals surface area contributed by atoms with Crippen LogP contribution in [0.25, 0.3) is 0 Å². The molecule has 1 aromatic heterocycles. The molecule has 1 atom stereocenters. The number of carbonyl (C=O) groups excluding carboxylic acids is 3. The van der Waals surface area contributed by atoms with Gasteiger partial charge in [0.2, 0.25) is 0 Å². The molecule has 8 nitrogen and oxygen atoms in total. The Bertz CT molecular complexity index is 831. The van der Waals surface area contributed by atoms with Gasteiger partial charge in [-0.25, -0.2) is 4.79 Å². The topological polar surface area (TPSA) is 93.5 Å². The average molecular weight is 356 g/mol. The van der Waals surface area contributed by atoms with Gasteiger partial charge in [-0.3, -0.25) is 14.3 Å². The summed E-state index contributed by atoms with van der Waals surface area (Å²) in [6.07, 6.45) is 0.300. The summed E-state index contributed by atoms with van der Waals surface area (Å²) in [6.45, 7) is 1.06. The number of rotatable bonds is 5. The number of nitrogens with zero attached hydrogens (tertiary/aromatic N) is 3. The van der Waals surface area contributed by atoms with Gasteiger partial charge >= 0.3 is 5.97 Å². The number of aromatic nitrogens is 2. The molecule has 8 heteroatoms. The van der Waals surface area contributed by atoms with Crippen LogP contribution in [-0.2, 0) is 22.5 Å². The zero-order valence-corrected chi connectivity index (χ0v) is 14.6. The van der Waals surface area contributed by atoms with E-state index in [0.717, 1.165) is 5.56 Å². The van der Waals surface area contributed by atoms with Crippen LogP contribution in [0.15, 0.2) is 36.4 Å². The summed E-state index contributed by atoms with van der Waals surface area (Å²) in [5.74, 6) is -1.24. The average Bonchev–Trinajstić information content (AvgIpc) is 3.09. The monoisotopic (exact) mass is 356 g/mol. The molecule has 136 valence electrons. The van der Waals surface area contributed by atoms with E-state index in [-0.39, 0.29) is 11.6 Å². The van der Waals surface area contributed by atoms with Gasteiger partial charge in [-0.2, -0.15) is 5.10 Å². The number of ether oxygens (including phenoxy) is 1. The lowest BCUT2D eigenvalue weighted by Gasteiger charge is -2.22. The van der Waals surface area contributed by atoms with Crippen molar-refractivity contribution in [1.82, 2.24) is 20.0 Å². The molecule has 0 fully saturated rings. The first kappa shape index (κ1) is 17.7. The standard InChI is InChI=1S/C18H20N4O4/c1-21-8-9-22-15(17(21)24)11-13(20-22)16(23)19-14(18(25)26-2)10-12-6-4-3-5-7-12/h3-7,11,14H,8-10H2,1-2H3,(H,19,23). The lowest BCUT2D eigenvalue weighted by Crippen LogP contribution is -2.43. The molecule has 0 aliphatic carbocycles. The third-order valence-electron chi connectivity index (χ3n) is 4.30. The van der Waals surface area contributed by atoms with Gasteiger partial charge in [0.1, 0.15) is 11.7 Å². The maximum atomic E-state index is 12.6. The number of amides is 2. The first-order valence-corrected chi connectivity index (χ1v) is 8.25. The second-order valence-electron chi connectivity index (χ2n) is 6.10. The van der Waals surface area contributed by atoms with Crippen molar-refractivity contribution in [3.63, 3.8) is 0 Å². The molecule has 0 radical (unpaired) electrons. The van der Waals surface area contributed by atoms with E-state index in [9.17, 15) is 14.4 Å². The molecule has 1 aliphatic rings. The van der Waals surface area contributed by atoms with E-state index in [2.05, 4.69) is 10.4 Å². The molecule has 0 saturated heterocycles. The van der Waals surface area contributed by atoms with E-state index < -0.39 is 17.9 Å². The molecule has 1 aliphatic heterocycles. The van der Waals surface area contributed by atoms with Gasteiger partial charge in [-0.15, -0.1) is 0 Å². The number of likely N-dealkylation sites (N-methyl/N-ethyl adjacent to an activating group) is 1. The van der Waals surface area contributed by atoms with Crippen LogP contribution in [0.1, 0.15) is 26.5 Å². The molecule has 26 heavy (non-hydrogen) atoms. The Balaban J connectivity index is 1.77. The summed E-state index contributed by atoms with van der Waals surface area (Å²) >= 11 is 0. The second kappa shape index (κ2) is 7.38. The molecule has 2 heterocycles. The first-order valence-electron chi connectivity index (χ1n) is 8.25. The van der Waals surface area contributed by atoms with Crippen LogP contribution >= 0.6 is 0 Å². The highest BCUT2D eigenvalue weighted by Gasteiger charge is 2.28. The molecule has 0 spiro atoms. The van der Waals surface area contributed by atoms with Gasteiger partial charge in [0.15, 0.2) is 5.69 Å². The number of esters is 1. The number of hydrogen-bond donors (Lipinski definition) is 1. The maximum Gasteiger partial charge on any atom is 0.328 e. The van der Waals surface area contributed by atoms with E-state index in [4.69, 9.17) is 4.74 Å². The minimum Gasteiger partial charge on any atom is -0.467 e. The minimum atomic E-state index is -0.841. The van der Waals surface area contributed by atoms with Crippen molar-refractivity contribution in [2.75, 3.05) is 20.7 Å². The fourth-order valence-electron chi connectivity index (χ4n) is 2.83. The van der Waals surface area contributed by atoms with E-state index >= 15 is 0 Å². The van der Waals surface area contributed by atoms with Crippen LogP contribution in [0, 0.1) is 0 Å². The van der Waals surface area contributed by atoms with Gasteiger partial charge in [-0.05, 0) is 5.56 Å². The van der Waals surface area contributed by atoms with Crippen molar-refractivity contribution in [3.8, 4) is 0 Å². The molecule has 3 rings (SSSR count). The second-order valence-corrected chi connectivity index (χ2v) is 6.10. The Labute approximate surface area is 150 Å². The van der Waals surface area contributed by atoms with Crippen molar-refractivity contribution in [2.24, 2.45) is 0 Å². The van der Waals surface area contributed by atoms with Crippen LogP contribution in [0.5, 0.6) is 0 Å². The first-order chi connectivity index (χ1) is 12.5. The Morgan fingerprint density at radius 3 is 2.69 bits per heavy atom. The highest BCUT2D eigenvalue weighted by molar-refractivity contribution is 5.99. The molecule has 2 aromatic rings. The van der Waals surface area contributed by atoms with Gasteiger partial charge in [0.05, 0.1) is 13.7 Å². The van der Waals surface area contributed by atoms with Gasteiger partial charge in [0, 0.05) is 26.1 Å². The van der Waals surface area contributed by atoms with Crippen molar-refractivity contribution in [3.05, 3.63) is 53.3 Å². The number of carbonyl (C=O) groups is 3. The summed E-state index contributed by atoms with van der Waals surface area (Å²) in [5, 5.41) is 6.84. The summed E-state index contributed by atoms with van der Waals surface area (Å²) in [5.41, 5.74) is 1.36. The number of hydrogen-bond acceptors (Lipinski definition) is 5.